The van der Waals surface area contributed by atoms with Crippen LogP contribution in [0.2, 0.25) is 5.02 Å². The predicted octanol–water partition coefficient (Wildman–Crippen LogP) is 9.07. The number of rotatable bonds is 12. The molecule has 0 saturated carbocycles. The van der Waals surface area contributed by atoms with Gasteiger partial charge in [0.1, 0.15) is 12.2 Å². The van der Waals surface area contributed by atoms with E-state index in [0.29, 0.717) is 33.1 Å². The van der Waals surface area contributed by atoms with Gasteiger partial charge >= 0.3 is 0 Å². The number of nitrogens with one attached hydrogen (secondary N) is 1. The van der Waals surface area contributed by atoms with E-state index in [1.807, 2.05) is 91.0 Å². The molecule has 0 saturated heterocycles. The van der Waals surface area contributed by atoms with Crippen LogP contribution in [-0.2, 0) is 21.0 Å². The quantitative estimate of drug-likeness (QED) is 0.0884. The van der Waals surface area contributed by atoms with Crippen molar-refractivity contribution in [1.82, 2.24) is 10.2 Å². The number of halogens is 2. The number of benzene rings is 4. The molecule has 4 aromatic carbocycles. The average molecular weight is 767 g/mol. The molecule has 0 bridgehead atoms. The van der Waals surface area contributed by atoms with Crippen LogP contribution in [0.15, 0.2) is 155 Å². The molecule has 0 aliphatic carbocycles. The van der Waals surface area contributed by atoms with Crippen molar-refractivity contribution in [1.29, 1.82) is 0 Å². The third-order valence-electron chi connectivity index (χ3n) is 7.47. The van der Waals surface area contributed by atoms with Crippen molar-refractivity contribution in [2.24, 2.45) is 4.99 Å². The molecular weight excluding hydrogens is 734 g/mol. The molecule has 1 N–H and O–H groups in total. The molecule has 10 heteroatoms. The summed E-state index contributed by atoms with van der Waals surface area (Å²) in [5.74, 6) is -1.30. The molecule has 5 rings (SSSR count). The second-order valence-electron chi connectivity index (χ2n) is 10.9. The van der Waals surface area contributed by atoms with Gasteiger partial charge in [0, 0.05) is 5.70 Å². The average Bonchev–Trinajstić information content (AvgIpc) is 3.13. The fourth-order valence-corrected chi connectivity index (χ4v) is 6.89. The van der Waals surface area contributed by atoms with E-state index in [1.165, 1.54) is 11.0 Å². The van der Waals surface area contributed by atoms with Gasteiger partial charge < -0.3 is 10.1 Å². The summed E-state index contributed by atoms with van der Waals surface area (Å²) in [5.41, 5.74) is 3.59. The van der Waals surface area contributed by atoms with Crippen LogP contribution < -0.4 is 10.1 Å². The minimum absolute atomic E-state index is 0.0777. The van der Waals surface area contributed by atoms with Crippen molar-refractivity contribution >= 4 is 68.3 Å². The maximum Gasteiger partial charge on any atom is 0.285 e. The summed E-state index contributed by atoms with van der Waals surface area (Å²) < 4.78 is 6.51. The Labute approximate surface area is 309 Å². The highest BCUT2D eigenvalue weighted by atomic mass is 79.9. The molecule has 252 valence electrons. The van der Waals surface area contributed by atoms with Gasteiger partial charge in [-0.25, -0.2) is 0 Å². The third kappa shape index (κ3) is 9.18. The first-order valence-electron chi connectivity index (χ1n) is 15.6. The summed E-state index contributed by atoms with van der Waals surface area (Å²) in [7, 11) is 0. The Morgan fingerprint density at radius 3 is 2.20 bits per heavy atom. The van der Waals surface area contributed by atoms with Crippen molar-refractivity contribution < 1.29 is 19.1 Å². The SMILES string of the molecule is C=C/C=C\C(=C/C)N1C(=O)/C(=C/c2cc(Cl)c(OCc3ccccc3)c(Br)c2)C(=O)N=C1SCC(=O)NC(c1ccccc1)c1ccccc1. The number of ether oxygens (including phenoxy) is 1. The number of nitrogens with zero attached hydrogens (tertiary/aromatic N) is 2. The molecule has 1 aliphatic rings. The summed E-state index contributed by atoms with van der Waals surface area (Å²) in [6.45, 7) is 5.80. The number of allylic oxidation sites excluding steroid dienone is 4. The number of aliphatic imine (C=N–C) groups is 1. The third-order valence-corrected chi connectivity index (χ3v) is 9.28. The summed E-state index contributed by atoms with van der Waals surface area (Å²) >= 11 is 11.1. The normalized spacial score (nSPS) is 14.3. The molecular formula is C40H33BrClN3O4S. The molecule has 0 spiro atoms. The Hall–Kier alpha value is -4.96. The highest BCUT2D eigenvalue weighted by Gasteiger charge is 2.35. The Bertz CT molecular complexity index is 1930. The van der Waals surface area contributed by atoms with E-state index in [9.17, 15) is 14.4 Å². The molecule has 7 nitrogen and oxygen atoms in total. The summed E-state index contributed by atoms with van der Waals surface area (Å²) in [5, 5.41) is 3.47. The van der Waals surface area contributed by atoms with Crippen molar-refractivity contribution in [2.75, 3.05) is 5.75 Å². The zero-order valence-corrected chi connectivity index (χ0v) is 30.3. The van der Waals surface area contributed by atoms with E-state index < -0.39 is 17.9 Å². The summed E-state index contributed by atoms with van der Waals surface area (Å²) in [6, 6.07) is 31.9. The number of carbonyl (C=O) groups is 3. The van der Waals surface area contributed by atoms with Crippen LogP contribution in [0.25, 0.3) is 6.08 Å². The fourth-order valence-electron chi connectivity index (χ4n) is 5.09. The second-order valence-corrected chi connectivity index (χ2v) is 13.1. The molecule has 0 fully saturated rings. The zero-order valence-electron chi connectivity index (χ0n) is 27.1. The lowest BCUT2D eigenvalue weighted by Crippen LogP contribution is -2.42. The number of hydrogen-bond donors (Lipinski definition) is 1. The van der Waals surface area contributed by atoms with Crippen LogP contribution in [0.5, 0.6) is 5.75 Å². The van der Waals surface area contributed by atoms with Crippen molar-refractivity contribution in [3.8, 4) is 5.75 Å². The number of hydrogen-bond acceptors (Lipinski definition) is 5. The van der Waals surface area contributed by atoms with Crippen LogP contribution in [0.3, 0.4) is 0 Å². The van der Waals surface area contributed by atoms with Crippen LogP contribution >= 0.6 is 39.3 Å². The van der Waals surface area contributed by atoms with Gasteiger partial charge in [-0.15, -0.1) is 0 Å². The van der Waals surface area contributed by atoms with Crippen LogP contribution in [0, 0.1) is 0 Å². The van der Waals surface area contributed by atoms with Gasteiger partial charge in [0.25, 0.3) is 11.8 Å². The van der Waals surface area contributed by atoms with Crippen LogP contribution in [0.1, 0.15) is 35.2 Å². The molecule has 0 radical (unpaired) electrons. The smallest absolute Gasteiger partial charge is 0.285 e. The summed E-state index contributed by atoms with van der Waals surface area (Å²) in [4.78, 5) is 46.5. The van der Waals surface area contributed by atoms with Gasteiger partial charge in [-0.2, -0.15) is 4.99 Å². The Morgan fingerprint density at radius 2 is 1.62 bits per heavy atom. The van der Waals surface area contributed by atoms with Gasteiger partial charge in [0.2, 0.25) is 5.91 Å². The van der Waals surface area contributed by atoms with E-state index in [0.717, 1.165) is 28.5 Å². The van der Waals surface area contributed by atoms with E-state index in [1.54, 1.807) is 43.4 Å². The molecule has 4 aromatic rings. The van der Waals surface area contributed by atoms with Crippen molar-refractivity contribution in [3.63, 3.8) is 0 Å². The lowest BCUT2D eigenvalue weighted by Gasteiger charge is -2.28. The van der Waals surface area contributed by atoms with Gasteiger partial charge in [0.15, 0.2) is 10.9 Å². The Balaban J connectivity index is 1.39. The van der Waals surface area contributed by atoms with E-state index in [-0.39, 0.29) is 22.4 Å². The number of thioether (sulfide) groups is 1. The predicted molar refractivity (Wildman–Crippen MR) is 206 cm³/mol. The monoisotopic (exact) mass is 765 g/mol. The fraction of sp³-hybridized carbons (Fsp3) is 0.100. The van der Waals surface area contributed by atoms with Crippen molar-refractivity contribution in [3.05, 3.63) is 177 Å². The molecule has 0 aromatic heterocycles. The van der Waals surface area contributed by atoms with Gasteiger partial charge in [-0.3, -0.25) is 19.3 Å². The maximum atomic E-state index is 14.1. The minimum Gasteiger partial charge on any atom is -0.486 e. The standard InChI is InChI=1S/C40H33BrClN3O4S/c1-3-5-21-31(4-2)45-39(48)32(22-28-23-33(41)37(34(42)24-28)49-25-27-15-9-6-10-16-27)38(47)44-40(45)50-26-35(46)43-36(29-17-11-7-12-18-29)30-19-13-8-14-20-30/h3-24,36H,1,25-26H2,2H3,(H,43,46)/b21-5-,31-4+,32-22+. The van der Waals surface area contributed by atoms with E-state index >= 15 is 0 Å². The number of amides is 3. The number of carbonyl (C=O) groups excluding carboxylic acids is 3. The van der Waals surface area contributed by atoms with E-state index in [2.05, 4.69) is 32.8 Å². The minimum atomic E-state index is -0.736. The van der Waals surface area contributed by atoms with Crippen LogP contribution in [-0.4, -0.2) is 33.5 Å². The lowest BCUT2D eigenvalue weighted by molar-refractivity contribution is -0.126. The van der Waals surface area contributed by atoms with Crippen LogP contribution in [0.4, 0.5) is 0 Å². The molecule has 3 amide bonds. The highest BCUT2D eigenvalue weighted by molar-refractivity contribution is 9.10. The summed E-state index contributed by atoms with van der Waals surface area (Å²) in [6.07, 6.45) is 8.09. The first-order valence-corrected chi connectivity index (χ1v) is 17.8. The Kier molecular flexibility index (Phi) is 12.8. The largest absolute Gasteiger partial charge is 0.486 e. The molecule has 50 heavy (non-hydrogen) atoms. The molecule has 0 unspecified atom stereocenters. The Morgan fingerprint density at radius 1 is 1.00 bits per heavy atom. The van der Waals surface area contributed by atoms with Gasteiger partial charge in [0.05, 0.1) is 21.3 Å². The molecule has 0 atom stereocenters. The highest BCUT2D eigenvalue weighted by Crippen LogP contribution is 2.36. The molecule has 1 heterocycles. The topological polar surface area (TPSA) is 88.1 Å². The zero-order chi connectivity index (χ0) is 35.5. The first-order chi connectivity index (χ1) is 24.3. The maximum absolute atomic E-state index is 14.1. The van der Waals surface area contributed by atoms with Crippen molar-refractivity contribution in [2.45, 2.75) is 19.6 Å². The number of amidine groups is 1. The van der Waals surface area contributed by atoms with E-state index in [4.69, 9.17) is 16.3 Å². The van der Waals surface area contributed by atoms with Gasteiger partial charge in [-0.05, 0) is 69.4 Å². The molecule has 1 aliphatic heterocycles. The lowest BCUT2D eigenvalue weighted by atomic mass is 9.99. The first kappa shape index (κ1) is 36.3. The van der Waals surface area contributed by atoms with Gasteiger partial charge in [-0.1, -0.05) is 139 Å². The second kappa shape index (κ2) is 17.6.